The molecule has 0 aromatic carbocycles. The molecule has 0 unspecified atom stereocenters. The largest absolute Gasteiger partial charge is 0.456 e. The summed E-state index contributed by atoms with van der Waals surface area (Å²) in [7, 11) is 0. The standard InChI is InChI=1S/C10H9F3N4O3/c11-10(12,13)9(20)6-5-16(15-14-6)3-4-17-7(18)1-2-8(17)19/h5H,1-4H2. The maximum Gasteiger partial charge on any atom is 0.456 e. The molecule has 7 nitrogen and oxygen atoms in total. The van der Waals surface area contributed by atoms with Gasteiger partial charge in [0.2, 0.25) is 11.8 Å². The number of hydrogen-bond donors (Lipinski definition) is 0. The number of imide groups is 1. The highest BCUT2D eigenvalue weighted by molar-refractivity contribution is 6.01. The molecule has 2 rings (SSSR count). The van der Waals surface area contributed by atoms with Gasteiger partial charge in [0, 0.05) is 19.4 Å². The second kappa shape index (κ2) is 5.02. The second-order valence-corrected chi connectivity index (χ2v) is 4.13. The van der Waals surface area contributed by atoms with Crippen LogP contribution in [0.4, 0.5) is 13.2 Å². The molecule has 0 bridgehead atoms. The molecular formula is C10H9F3N4O3. The van der Waals surface area contributed by atoms with E-state index in [1.54, 1.807) is 0 Å². The summed E-state index contributed by atoms with van der Waals surface area (Å²) in [5, 5.41) is 6.48. The summed E-state index contributed by atoms with van der Waals surface area (Å²) in [5.74, 6) is -2.75. The van der Waals surface area contributed by atoms with Gasteiger partial charge in [0.1, 0.15) is 0 Å². The van der Waals surface area contributed by atoms with Gasteiger partial charge < -0.3 is 0 Å². The third-order valence-corrected chi connectivity index (χ3v) is 2.74. The van der Waals surface area contributed by atoms with Crippen molar-refractivity contribution in [1.29, 1.82) is 0 Å². The summed E-state index contributed by atoms with van der Waals surface area (Å²) in [4.78, 5) is 34.5. The molecule has 1 aromatic rings. The minimum atomic E-state index is -5.01. The fourth-order valence-electron chi connectivity index (χ4n) is 1.73. The lowest BCUT2D eigenvalue weighted by molar-refractivity contribution is -0.138. The summed E-state index contributed by atoms with van der Waals surface area (Å²) < 4.78 is 37.4. The van der Waals surface area contributed by atoms with Crippen molar-refractivity contribution in [2.24, 2.45) is 0 Å². The van der Waals surface area contributed by atoms with Crippen molar-refractivity contribution in [2.45, 2.75) is 25.6 Å². The molecule has 1 fully saturated rings. The molecule has 0 N–H and O–H groups in total. The molecule has 1 aliphatic heterocycles. The first-order valence-electron chi connectivity index (χ1n) is 5.64. The maximum absolute atomic E-state index is 12.2. The molecule has 2 amide bonds. The number of nitrogens with zero attached hydrogens (tertiary/aromatic N) is 4. The highest BCUT2D eigenvalue weighted by atomic mass is 19.4. The van der Waals surface area contributed by atoms with E-state index in [2.05, 4.69) is 10.3 Å². The van der Waals surface area contributed by atoms with E-state index in [9.17, 15) is 27.6 Å². The molecule has 20 heavy (non-hydrogen) atoms. The molecule has 0 aliphatic carbocycles. The van der Waals surface area contributed by atoms with Crippen LogP contribution in [-0.2, 0) is 16.1 Å². The number of ketones is 1. The Kier molecular flexibility index (Phi) is 3.55. The molecule has 1 aromatic heterocycles. The van der Waals surface area contributed by atoms with Crippen LogP contribution in [0, 0.1) is 0 Å². The van der Waals surface area contributed by atoms with E-state index in [-0.39, 0.29) is 37.7 Å². The minimum absolute atomic E-state index is 0.0132. The number of carbonyl (C=O) groups is 3. The van der Waals surface area contributed by atoms with Crippen LogP contribution in [0.5, 0.6) is 0 Å². The van der Waals surface area contributed by atoms with Crippen molar-refractivity contribution in [2.75, 3.05) is 6.54 Å². The van der Waals surface area contributed by atoms with Crippen LogP contribution in [0.1, 0.15) is 23.3 Å². The van der Waals surface area contributed by atoms with Gasteiger partial charge in [-0.15, -0.1) is 5.10 Å². The van der Waals surface area contributed by atoms with Crippen LogP contribution in [0.15, 0.2) is 6.20 Å². The molecule has 108 valence electrons. The Hall–Kier alpha value is -2.26. The Bertz CT molecular complexity index is 550. The number of rotatable bonds is 4. The van der Waals surface area contributed by atoms with Gasteiger partial charge in [0.25, 0.3) is 5.78 Å². The molecule has 10 heteroatoms. The van der Waals surface area contributed by atoms with Crippen LogP contribution in [0.2, 0.25) is 0 Å². The lowest BCUT2D eigenvalue weighted by Gasteiger charge is -2.12. The van der Waals surface area contributed by atoms with Crippen LogP contribution in [-0.4, -0.2) is 50.2 Å². The van der Waals surface area contributed by atoms with E-state index in [1.807, 2.05) is 0 Å². The quantitative estimate of drug-likeness (QED) is 0.583. The molecule has 0 saturated carbocycles. The number of amides is 2. The minimum Gasteiger partial charge on any atom is -0.282 e. The van der Waals surface area contributed by atoms with E-state index in [4.69, 9.17) is 0 Å². The normalized spacial score (nSPS) is 16.1. The Morgan fingerprint density at radius 2 is 1.80 bits per heavy atom. The summed E-state index contributed by atoms with van der Waals surface area (Å²) >= 11 is 0. The number of likely N-dealkylation sites (tertiary alicyclic amines) is 1. The highest BCUT2D eigenvalue weighted by Crippen LogP contribution is 2.20. The molecule has 0 atom stereocenters. The molecule has 0 radical (unpaired) electrons. The van der Waals surface area contributed by atoms with Crippen LogP contribution < -0.4 is 0 Å². The first kappa shape index (κ1) is 14.2. The van der Waals surface area contributed by atoms with Gasteiger partial charge in [-0.3, -0.25) is 19.3 Å². The average molecular weight is 290 g/mol. The van der Waals surface area contributed by atoms with Crippen molar-refractivity contribution in [1.82, 2.24) is 19.9 Å². The van der Waals surface area contributed by atoms with Crippen molar-refractivity contribution >= 4 is 17.6 Å². The zero-order valence-electron chi connectivity index (χ0n) is 10.1. The topological polar surface area (TPSA) is 85.2 Å². The SMILES string of the molecule is O=C1CCC(=O)N1CCn1cc(C(=O)C(F)(F)F)nn1. The Morgan fingerprint density at radius 3 is 2.35 bits per heavy atom. The molecule has 0 spiro atoms. The average Bonchev–Trinajstić information content (AvgIpc) is 2.93. The number of Topliss-reactive ketones (excluding diaryl/α,β-unsaturated/α-hetero) is 1. The summed E-state index contributed by atoms with van der Waals surface area (Å²) in [5.41, 5.74) is -0.823. The van der Waals surface area contributed by atoms with Crippen molar-refractivity contribution < 1.29 is 27.6 Å². The summed E-state index contributed by atoms with van der Waals surface area (Å²) in [6.45, 7) is -0.0315. The molecule has 1 aliphatic rings. The number of halogens is 3. The number of carbonyl (C=O) groups excluding carboxylic acids is 3. The van der Waals surface area contributed by atoms with Gasteiger partial charge in [-0.05, 0) is 0 Å². The smallest absolute Gasteiger partial charge is 0.282 e. The zero-order valence-corrected chi connectivity index (χ0v) is 10.1. The Labute approximate surface area is 110 Å². The second-order valence-electron chi connectivity index (χ2n) is 4.13. The predicted octanol–water partition coefficient (Wildman–Crippen LogP) is 0.172. The fraction of sp³-hybridized carbons (Fsp3) is 0.500. The van der Waals surface area contributed by atoms with Crippen molar-refractivity contribution in [3.05, 3.63) is 11.9 Å². The van der Waals surface area contributed by atoms with Gasteiger partial charge >= 0.3 is 6.18 Å². The van der Waals surface area contributed by atoms with E-state index in [0.29, 0.717) is 0 Å². The van der Waals surface area contributed by atoms with E-state index >= 15 is 0 Å². The Balaban J connectivity index is 1.98. The van der Waals surface area contributed by atoms with Crippen molar-refractivity contribution in [3.63, 3.8) is 0 Å². The van der Waals surface area contributed by atoms with E-state index < -0.39 is 17.7 Å². The van der Waals surface area contributed by atoms with Crippen molar-refractivity contribution in [3.8, 4) is 0 Å². The molecule has 2 heterocycles. The van der Waals surface area contributed by atoms with Gasteiger partial charge in [-0.2, -0.15) is 13.2 Å². The number of aromatic nitrogens is 3. The monoisotopic (exact) mass is 290 g/mol. The number of alkyl halides is 3. The van der Waals surface area contributed by atoms with Crippen LogP contribution in [0.25, 0.3) is 0 Å². The lowest BCUT2D eigenvalue weighted by atomic mass is 10.3. The molecular weight excluding hydrogens is 281 g/mol. The summed E-state index contributed by atoms with van der Waals surface area (Å²) in [6.07, 6.45) is -3.91. The van der Waals surface area contributed by atoms with Gasteiger partial charge in [0.15, 0.2) is 5.69 Å². The third-order valence-electron chi connectivity index (χ3n) is 2.74. The van der Waals surface area contributed by atoms with Crippen LogP contribution in [0.3, 0.4) is 0 Å². The predicted molar refractivity (Wildman–Crippen MR) is 56.4 cm³/mol. The van der Waals surface area contributed by atoms with Gasteiger partial charge in [-0.25, -0.2) is 4.68 Å². The van der Waals surface area contributed by atoms with Crippen LogP contribution >= 0.6 is 0 Å². The van der Waals surface area contributed by atoms with E-state index in [1.165, 1.54) is 0 Å². The first-order valence-corrected chi connectivity index (χ1v) is 5.64. The fourth-order valence-corrected chi connectivity index (χ4v) is 1.73. The van der Waals surface area contributed by atoms with E-state index in [0.717, 1.165) is 15.8 Å². The third kappa shape index (κ3) is 2.83. The lowest BCUT2D eigenvalue weighted by Crippen LogP contribution is -2.32. The zero-order chi connectivity index (χ0) is 14.9. The van der Waals surface area contributed by atoms with Gasteiger partial charge in [-0.1, -0.05) is 5.21 Å². The maximum atomic E-state index is 12.2. The highest BCUT2D eigenvalue weighted by Gasteiger charge is 2.41. The first-order chi connectivity index (χ1) is 9.29. The Morgan fingerprint density at radius 1 is 1.20 bits per heavy atom. The van der Waals surface area contributed by atoms with Gasteiger partial charge in [0.05, 0.1) is 12.7 Å². The molecule has 1 saturated heterocycles. The summed E-state index contributed by atoms with van der Waals surface area (Å²) in [6, 6.07) is 0. The number of hydrogen-bond acceptors (Lipinski definition) is 5.